The van der Waals surface area contributed by atoms with Crippen molar-refractivity contribution in [3.05, 3.63) is 125 Å². The first-order valence-electron chi connectivity index (χ1n) is 11.4. The van der Waals surface area contributed by atoms with Gasteiger partial charge in [0.15, 0.2) is 0 Å². The highest BCUT2D eigenvalue weighted by Gasteiger charge is 2.13. The van der Waals surface area contributed by atoms with Gasteiger partial charge in [0.05, 0.1) is 6.42 Å². The Morgan fingerprint density at radius 1 is 0.829 bits per heavy atom. The Labute approximate surface area is 209 Å². The van der Waals surface area contributed by atoms with Gasteiger partial charge in [-0.05, 0) is 64.2 Å². The van der Waals surface area contributed by atoms with E-state index in [0.29, 0.717) is 23.9 Å². The lowest BCUT2D eigenvalue weighted by Gasteiger charge is -2.10. The topological polar surface area (TPSA) is 51.5 Å². The molecule has 0 aliphatic heterocycles. The second-order valence-electron chi connectivity index (χ2n) is 8.52. The molecule has 5 aromatic rings. The highest BCUT2D eigenvalue weighted by molar-refractivity contribution is 6.30. The number of carbonyl (C=O) groups is 1. The van der Waals surface area contributed by atoms with Crippen LogP contribution in [0, 0.1) is 0 Å². The molecule has 1 N–H and O–H groups in total. The van der Waals surface area contributed by atoms with E-state index >= 15 is 0 Å². The van der Waals surface area contributed by atoms with Crippen LogP contribution in [0.1, 0.15) is 16.7 Å². The van der Waals surface area contributed by atoms with Crippen LogP contribution in [-0.2, 0) is 24.4 Å². The second kappa shape index (κ2) is 10.1. The van der Waals surface area contributed by atoms with Gasteiger partial charge in [0.2, 0.25) is 0 Å². The zero-order valence-electron chi connectivity index (χ0n) is 19.0. The number of nitrogens with zero attached hydrogens (tertiary/aromatic N) is 1. The molecule has 1 heterocycles. The standard InChI is InChI=1S/C30H24ClNO3/c31-26-11-5-10-24(15-26)23-9-4-8-22(14-23)18-32-19-25(16-30(33)34)28-17-27(12-13-29(28)32)35-20-21-6-2-1-3-7-21/h1-15,17,19H,16,18,20H2,(H,33,34). The van der Waals surface area contributed by atoms with Gasteiger partial charge in [0.1, 0.15) is 12.4 Å². The molecule has 0 atom stereocenters. The quantitative estimate of drug-likeness (QED) is 0.254. The minimum atomic E-state index is -0.859. The molecule has 4 aromatic carbocycles. The zero-order valence-corrected chi connectivity index (χ0v) is 19.8. The number of carboxylic acids is 1. The van der Waals surface area contributed by atoms with Crippen LogP contribution in [0.25, 0.3) is 22.0 Å². The van der Waals surface area contributed by atoms with Gasteiger partial charge in [0, 0.05) is 28.7 Å². The predicted octanol–water partition coefficient (Wildman–Crippen LogP) is 7.22. The summed E-state index contributed by atoms with van der Waals surface area (Å²) in [5.74, 6) is -0.142. The van der Waals surface area contributed by atoms with E-state index in [1.165, 1.54) is 0 Å². The first-order valence-corrected chi connectivity index (χ1v) is 11.8. The van der Waals surface area contributed by atoms with E-state index in [4.69, 9.17) is 16.3 Å². The molecule has 5 rings (SSSR count). The Morgan fingerprint density at radius 2 is 1.57 bits per heavy atom. The molecule has 0 unspecified atom stereocenters. The number of halogens is 1. The van der Waals surface area contributed by atoms with Crippen molar-refractivity contribution in [2.45, 2.75) is 19.6 Å². The van der Waals surface area contributed by atoms with Crippen molar-refractivity contribution >= 4 is 28.5 Å². The normalized spacial score (nSPS) is 11.0. The summed E-state index contributed by atoms with van der Waals surface area (Å²) in [6, 6.07) is 32.0. The molecule has 0 saturated carbocycles. The van der Waals surface area contributed by atoms with Crippen LogP contribution >= 0.6 is 11.6 Å². The summed E-state index contributed by atoms with van der Waals surface area (Å²) in [6.07, 6.45) is 1.89. The molecule has 35 heavy (non-hydrogen) atoms. The summed E-state index contributed by atoms with van der Waals surface area (Å²) in [5.41, 5.74) is 6.08. The fourth-order valence-electron chi connectivity index (χ4n) is 4.33. The maximum absolute atomic E-state index is 11.6. The van der Waals surface area contributed by atoms with Crippen molar-refractivity contribution < 1.29 is 14.6 Å². The summed E-state index contributed by atoms with van der Waals surface area (Å²) in [6.45, 7) is 1.08. The summed E-state index contributed by atoms with van der Waals surface area (Å²) in [4.78, 5) is 11.6. The maximum atomic E-state index is 11.6. The van der Waals surface area contributed by atoms with Crippen molar-refractivity contribution in [3.8, 4) is 16.9 Å². The molecule has 0 amide bonds. The van der Waals surface area contributed by atoms with Gasteiger partial charge in [-0.15, -0.1) is 0 Å². The molecule has 0 radical (unpaired) electrons. The number of fused-ring (bicyclic) bond motifs is 1. The Hall–Kier alpha value is -4.02. The van der Waals surface area contributed by atoms with Crippen molar-refractivity contribution in [3.63, 3.8) is 0 Å². The number of ether oxygens (including phenoxy) is 1. The van der Waals surface area contributed by atoms with Gasteiger partial charge < -0.3 is 14.4 Å². The molecule has 5 heteroatoms. The second-order valence-corrected chi connectivity index (χ2v) is 8.95. The Balaban J connectivity index is 1.45. The number of carboxylic acid groups (broad SMARTS) is 1. The lowest BCUT2D eigenvalue weighted by molar-refractivity contribution is -0.136. The molecular formula is C30H24ClNO3. The van der Waals surface area contributed by atoms with E-state index in [-0.39, 0.29) is 6.42 Å². The fourth-order valence-corrected chi connectivity index (χ4v) is 4.52. The minimum Gasteiger partial charge on any atom is -0.489 e. The summed E-state index contributed by atoms with van der Waals surface area (Å²) < 4.78 is 8.10. The average molecular weight is 482 g/mol. The zero-order chi connectivity index (χ0) is 24.2. The third kappa shape index (κ3) is 5.39. The third-order valence-electron chi connectivity index (χ3n) is 5.96. The monoisotopic (exact) mass is 481 g/mol. The van der Waals surface area contributed by atoms with Gasteiger partial charge >= 0.3 is 5.97 Å². The number of hydrogen-bond acceptors (Lipinski definition) is 2. The van der Waals surface area contributed by atoms with Crippen molar-refractivity contribution in [1.82, 2.24) is 4.57 Å². The molecule has 0 aliphatic rings. The number of benzene rings is 4. The van der Waals surface area contributed by atoms with E-state index < -0.39 is 5.97 Å². The van der Waals surface area contributed by atoms with Crippen LogP contribution < -0.4 is 4.74 Å². The highest BCUT2D eigenvalue weighted by atomic mass is 35.5. The van der Waals surface area contributed by atoms with Crippen molar-refractivity contribution in [2.75, 3.05) is 0 Å². The van der Waals surface area contributed by atoms with Crippen LogP contribution in [0.3, 0.4) is 0 Å². The van der Waals surface area contributed by atoms with Crippen LogP contribution in [-0.4, -0.2) is 15.6 Å². The van der Waals surface area contributed by atoms with E-state index in [1.807, 2.05) is 85.1 Å². The summed E-state index contributed by atoms with van der Waals surface area (Å²) in [7, 11) is 0. The summed E-state index contributed by atoms with van der Waals surface area (Å²) >= 11 is 6.18. The SMILES string of the molecule is O=C(O)Cc1cn(Cc2cccc(-c3cccc(Cl)c3)c2)c2ccc(OCc3ccccc3)cc12. The maximum Gasteiger partial charge on any atom is 0.307 e. The lowest BCUT2D eigenvalue weighted by atomic mass is 10.0. The molecule has 0 bridgehead atoms. The molecule has 0 saturated heterocycles. The van der Waals surface area contributed by atoms with E-state index in [0.717, 1.165) is 38.7 Å². The molecule has 0 fully saturated rings. The number of hydrogen-bond donors (Lipinski definition) is 1. The molecular weight excluding hydrogens is 458 g/mol. The third-order valence-corrected chi connectivity index (χ3v) is 6.20. The van der Waals surface area contributed by atoms with Crippen molar-refractivity contribution in [1.29, 1.82) is 0 Å². The molecule has 1 aromatic heterocycles. The van der Waals surface area contributed by atoms with Crippen LogP contribution in [0.2, 0.25) is 5.02 Å². The van der Waals surface area contributed by atoms with Gasteiger partial charge in [-0.25, -0.2) is 0 Å². The van der Waals surface area contributed by atoms with Gasteiger partial charge in [-0.1, -0.05) is 72.3 Å². The molecule has 174 valence electrons. The number of aromatic nitrogens is 1. The molecule has 0 aliphatic carbocycles. The smallest absolute Gasteiger partial charge is 0.307 e. The van der Waals surface area contributed by atoms with Crippen LogP contribution in [0.4, 0.5) is 0 Å². The predicted molar refractivity (Wildman–Crippen MR) is 140 cm³/mol. The fraction of sp³-hybridized carbons (Fsp3) is 0.100. The average Bonchev–Trinajstić information content (AvgIpc) is 3.19. The largest absolute Gasteiger partial charge is 0.489 e. The minimum absolute atomic E-state index is 0.0474. The summed E-state index contributed by atoms with van der Waals surface area (Å²) in [5, 5.41) is 11.1. The van der Waals surface area contributed by atoms with Crippen molar-refractivity contribution in [2.24, 2.45) is 0 Å². The Bertz CT molecular complexity index is 1490. The van der Waals surface area contributed by atoms with E-state index in [1.54, 1.807) is 0 Å². The Kier molecular flexibility index (Phi) is 6.55. The molecule has 0 spiro atoms. The van der Waals surface area contributed by atoms with E-state index in [9.17, 15) is 9.90 Å². The van der Waals surface area contributed by atoms with Crippen LogP contribution in [0.15, 0.2) is 103 Å². The van der Waals surface area contributed by atoms with Gasteiger partial charge in [0.25, 0.3) is 0 Å². The first-order chi connectivity index (χ1) is 17.0. The van der Waals surface area contributed by atoms with E-state index in [2.05, 4.69) is 22.8 Å². The van der Waals surface area contributed by atoms with Gasteiger partial charge in [-0.2, -0.15) is 0 Å². The first kappa shape index (κ1) is 22.8. The number of aliphatic carboxylic acids is 1. The number of rotatable bonds is 8. The lowest BCUT2D eigenvalue weighted by Crippen LogP contribution is -2.00. The van der Waals surface area contributed by atoms with Gasteiger partial charge in [-0.3, -0.25) is 4.79 Å². The van der Waals surface area contributed by atoms with Crippen LogP contribution in [0.5, 0.6) is 5.75 Å². The Morgan fingerprint density at radius 3 is 2.34 bits per heavy atom. The highest BCUT2D eigenvalue weighted by Crippen LogP contribution is 2.29. The molecule has 4 nitrogen and oxygen atoms in total.